The standard InChI is InChI=1S/C30H33N3O5S/c1-6-19-8-12-21(13-9-19)31-28(34)27(7-2)39-30-32-24-17-26(38-5)25(37-4)16-23(24)29(35)33(30)18-20-10-14-22(36-3)15-11-20/h8-17,27H,6-7,18H2,1-5H3,(H,31,34)/t27-/m1/s1. The van der Waals surface area contributed by atoms with Crippen LogP contribution in [0.1, 0.15) is 31.4 Å². The van der Waals surface area contributed by atoms with Crippen molar-refractivity contribution in [3.05, 3.63) is 82.1 Å². The van der Waals surface area contributed by atoms with Crippen molar-refractivity contribution in [2.45, 2.75) is 43.6 Å². The van der Waals surface area contributed by atoms with Crippen LogP contribution in [0.2, 0.25) is 0 Å². The second-order valence-electron chi connectivity index (χ2n) is 8.91. The summed E-state index contributed by atoms with van der Waals surface area (Å²) in [6.07, 6.45) is 1.48. The van der Waals surface area contributed by atoms with E-state index >= 15 is 0 Å². The van der Waals surface area contributed by atoms with Crippen molar-refractivity contribution in [3.8, 4) is 17.2 Å². The van der Waals surface area contributed by atoms with Crippen molar-refractivity contribution < 1.29 is 19.0 Å². The summed E-state index contributed by atoms with van der Waals surface area (Å²) in [7, 11) is 4.67. The van der Waals surface area contributed by atoms with E-state index in [0.29, 0.717) is 34.0 Å². The van der Waals surface area contributed by atoms with Gasteiger partial charge in [0.15, 0.2) is 16.7 Å². The highest BCUT2D eigenvalue weighted by molar-refractivity contribution is 8.00. The fourth-order valence-electron chi connectivity index (χ4n) is 4.17. The summed E-state index contributed by atoms with van der Waals surface area (Å²) >= 11 is 1.27. The van der Waals surface area contributed by atoms with E-state index in [1.807, 2.05) is 55.5 Å². The van der Waals surface area contributed by atoms with Crippen LogP contribution in [-0.2, 0) is 17.8 Å². The lowest BCUT2D eigenvalue weighted by atomic mass is 10.1. The number of carbonyl (C=O) groups is 1. The molecule has 1 atom stereocenters. The number of benzene rings is 3. The molecule has 0 aliphatic rings. The van der Waals surface area contributed by atoms with Gasteiger partial charge in [-0.15, -0.1) is 0 Å². The molecule has 4 aromatic rings. The highest BCUT2D eigenvalue weighted by Gasteiger charge is 2.23. The van der Waals surface area contributed by atoms with Crippen molar-refractivity contribution >= 4 is 34.3 Å². The first-order valence-electron chi connectivity index (χ1n) is 12.8. The molecule has 0 aliphatic carbocycles. The van der Waals surface area contributed by atoms with Crippen LogP contribution in [-0.4, -0.2) is 42.0 Å². The second kappa shape index (κ2) is 12.7. The summed E-state index contributed by atoms with van der Waals surface area (Å²) < 4.78 is 17.7. The zero-order valence-corrected chi connectivity index (χ0v) is 23.6. The summed E-state index contributed by atoms with van der Waals surface area (Å²) in [5.74, 6) is 1.49. The third-order valence-corrected chi connectivity index (χ3v) is 7.82. The third kappa shape index (κ3) is 6.37. The molecular weight excluding hydrogens is 514 g/mol. The van der Waals surface area contributed by atoms with Gasteiger partial charge in [-0.2, -0.15) is 0 Å². The molecule has 0 saturated heterocycles. The molecule has 1 amide bonds. The Kier molecular flexibility index (Phi) is 9.14. The van der Waals surface area contributed by atoms with Crippen LogP contribution in [0.25, 0.3) is 10.9 Å². The normalized spacial score (nSPS) is 11.7. The van der Waals surface area contributed by atoms with Gasteiger partial charge in [-0.05, 0) is 54.3 Å². The van der Waals surface area contributed by atoms with Crippen molar-refractivity contribution in [1.82, 2.24) is 9.55 Å². The summed E-state index contributed by atoms with van der Waals surface area (Å²) in [4.78, 5) is 31.9. The number of ether oxygens (including phenoxy) is 3. The maximum absolute atomic E-state index is 13.8. The van der Waals surface area contributed by atoms with Gasteiger partial charge in [0.2, 0.25) is 5.91 Å². The Morgan fingerprint density at radius 2 is 1.56 bits per heavy atom. The Labute approximate surface area is 232 Å². The fourth-order valence-corrected chi connectivity index (χ4v) is 5.18. The molecule has 3 aromatic carbocycles. The Morgan fingerprint density at radius 1 is 0.923 bits per heavy atom. The van der Waals surface area contributed by atoms with E-state index in [1.165, 1.54) is 31.5 Å². The Balaban J connectivity index is 1.74. The van der Waals surface area contributed by atoms with Gasteiger partial charge < -0.3 is 19.5 Å². The van der Waals surface area contributed by atoms with Crippen molar-refractivity contribution in [3.63, 3.8) is 0 Å². The number of thioether (sulfide) groups is 1. The minimum Gasteiger partial charge on any atom is -0.497 e. The number of nitrogens with zero attached hydrogens (tertiary/aromatic N) is 2. The molecular formula is C30H33N3O5S. The van der Waals surface area contributed by atoms with Crippen LogP contribution in [0.15, 0.2) is 70.6 Å². The van der Waals surface area contributed by atoms with E-state index in [0.717, 1.165) is 23.4 Å². The quantitative estimate of drug-likeness (QED) is 0.195. The van der Waals surface area contributed by atoms with Crippen molar-refractivity contribution in [1.29, 1.82) is 0 Å². The predicted molar refractivity (Wildman–Crippen MR) is 156 cm³/mol. The van der Waals surface area contributed by atoms with Gasteiger partial charge in [0.05, 0.1) is 44.0 Å². The van der Waals surface area contributed by atoms with Gasteiger partial charge in [-0.1, -0.05) is 49.9 Å². The van der Waals surface area contributed by atoms with Crippen LogP contribution < -0.4 is 25.1 Å². The number of fused-ring (bicyclic) bond motifs is 1. The molecule has 1 N–H and O–H groups in total. The van der Waals surface area contributed by atoms with Crippen molar-refractivity contribution in [2.75, 3.05) is 26.6 Å². The Hall–Kier alpha value is -3.98. The number of hydrogen-bond acceptors (Lipinski definition) is 7. The lowest BCUT2D eigenvalue weighted by Gasteiger charge is -2.19. The van der Waals surface area contributed by atoms with Gasteiger partial charge >= 0.3 is 0 Å². The number of carbonyl (C=O) groups excluding carboxylic acids is 1. The Bertz CT molecular complexity index is 1500. The first kappa shape index (κ1) is 28.0. The van der Waals surface area contributed by atoms with Crippen LogP contribution in [0.5, 0.6) is 17.2 Å². The van der Waals surface area contributed by atoms with Gasteiger partial charge in [0.1, 0.15) is 5.75 Å². The zero-order chi connectivity index (χ0) is 27.9. The summed E-state index contributed by atoms with van der Waals surface area (Å²) in [6.45, 7) is 4.31. The number of amides is 1. The maximum atomic E-state index is 13.8. The molecule has 204 valence electrons. The number of nitrogens with one attached hydrogen (secondary N) is 1. The summed E-state index contributed by atoms with van der Waals surface area (Å²) in [6, 6.07) is 18.7. The second-order valence-corrected chi connectivity index (χ2v) is 10.1. The minimum atomic E-state index is -0.470. The highest BCUT2D eigenvalue weighted by Crippen LogP contribution is 2.32. The lowest BCUT2D eigenvalue weighted by Crippen LogP contribution is -2.28. The number of rotatable bonds is 11. The average Bonchev–Trinajstić information content (AvgIpc) is 2.97. The fraction of sp³-hybridized carbons (Fsp3) is 0.300. The zero-order valence-electron chi connectivity index (χ0n) is 22.8. The monoisotopic (exact) mass is 547 g/mol. The molecule has 0 aliphatic heterocycles. The molecule has 0 bridgehead atoms. The van der Waals surface area contributed by atoms with Gasteiger partial charge in [0, 0.05) is 11.8 Å². The van der Waals surface area contributed by atoms with E-state index in [-0.39, 0.29) is 18.0 Å². The largest absolute Gasteiger partial charge is 0.497 e. The van der Waals surface area contributed by atoms with Crippen LogP contribution >= 0.6 is 11.8 Å². The molecule has 0 saturated carbocycles. The number of anilines is 1. The van der Waals surface area contributed by atoms with E-state index in [1.54, 1.807) is 23.8 Å². The van der Waals surface area contributed by atoms with Gasteiger partial charge in [0.25, 0.3) is 5.56 Å². The number of aryl methyl sites for hydroxylation is 1. The van der Waals surface area contributed by atoms with E-state index in [4.69, 9.17) is 19.2 Å². The lowest BCUT2D eigenvalue weighted by molar-refractivity contribution is -0.115. The van der Waals surface area contributed by atoms with E-state index < -0.39 is 5.25 Å². The number of methoxy groups -OCH3 is 3. The van der Waals surface area contributed by atoms with Crippen LogP contribution in [0, 0.1) is 0 Å². The molecule has 0 unspecified atom stereocenters. The molecule has 9 heteroatoms. The van der Waals surface area contributed by atoms with Crippen LogP contribution in [0.4, 0.5) is 5.69 Å². The molecule has 8 nitrogen and oxygen atoms in total. The molecule has 1 aromatic heterocycles. The highest BCUT2D eigenvalue weighted by atomic mass is 32.2. The molecule has 0 fully saturated rings. The molecule has 1 heterocycles. The topological polar surface area (TPSA) is 91.7 Å². The third-order valence-electron chi connectivity index (χ3n) is 6.46. The van der Waals surface area contributed by atoms with Crippen LogP contribution in [0.3, 0.4) is 0 Å². The smallest absolute Gasteiger partial charge is 0.262 e. The minimum absolute atomic E-state index is 0.149. The molecule has 4 rings (SSSR count). The first-order chi connectivity index (χ1) is 18.9. The van der Waals surface area contributed by atoms with Gasteiger partial charge in [-0.25, -0.2) is 4.98 Å². The first-order valence-corrected chi connectivity index (χ1v) is 13.6. The average molecular weight is 548 g/mol. The van der Waals surface area contributed by atoms with E-state index in [9.17, 15) is 9.59 Å². The number of hydrogen-bond donors (Lipinski definition) is 1. The molecule has 0 radical (unpaired) electrons. The molecule has 0 spiro atoms. The molecule has 39 heavy (non-hydrogen) atoms. The SMILES string of the molecule is CCc1ccc(NC(=O)[C@@H](CC)Sc2nc3cc(OC)c(OC)cc3c(=O)n2Cc2ccc(OC)cc2)cc1. The van der Waals surface area contributed by atoms with Crippen molar-refractivity contribution in [2.24, 2.45) is 0 Å². The van der Waals surface area contributed by atoms with E-state index in [2.05, 4.69) is 12.2 Å². The number of aromatic nitrogens is 2. The van der Waals surface area contributed by atoms with Gasteiger partial charge in [-0.3, -0.25) is 14.2 Å². The predicted octanol–water partition coefficient (Wildman–Crippen LogP) is 5.54. The summed E-state index contributed by atoms with van der Waals surface area (Å²) in [5.41, 5.74) is 3.07. The Morgan fingerprint density at radius 3 is 2.15 bits per heavy atom. The summed E-state index contributed by atoms with van der Waals surface area (Å²) in [5, 5.41) is 3.38. The maximum Gasteiger partial charge on any atom is 0.262 e.